The zero-order valence-electron chi connectivity index (χ0n) is 20.4. The van der Waals surface area contributed by atoms with Crippen molar-refractivity contribution in [1.29, 1.82) is 0 Å². The number of likely N-dealkylation sites (N-methyl/N-ethyl adjacent to an activating group) is 1. The molecule has 0 atom stereocenters. The fourth-order valence-electron chi connectivity index (χ4n) is 4.43. The summed E-state index contributed by atoms with van der Waals surface area (Å²) in [7, 11) is 1.95. The maximum atomic E-state index is 14.8. The molecule has 0 bridgehead atoms. The molecule has 4 aromatic rings. The van der Waals surface area contributed by atoms with Crippen LogP contribution in [0.25, 0.3) is 22.0 Å². The number of carbonyl (C=O) groups excluding carboxylic acids is 1. The van der Waals surface area contributed by atoms with Gasteiger partial charge in [0.05, 0.1) is 22.3 Å². The van der Waals surface area contributed by atoms with Gasteiger partial charge in [0.1, 0.15) is 5.82 Å². The Morgan fingerprint density at radius 3 is 2.42 bits per heavy atom. The molecule has 38 heavy (non-hydrogen) atoms. The summed E-state index contributed by atoms with van der Waals surface area (Å²) in [5.74, 6) is -1.40. The van der Waals surface area contributed by atoms with Crippen LogP contribution in [-0.4, -0.2) is 54.0 Å². The second-order valence-electron chi connectivity index (χ2n) is 9.17. The van der Waals surface area contributed by atoms with Crippen LogP contribution >= 0.6 is 0 Å². The molecule has 5 rings (SSSR count). The number of nitrogens with zero attached hydrogens (tertiary/aromatic N) is 4. The van der Waals surface area contributed by atoms with Crippen molar-refractivity contribution in [3.05, 3.63) is 77.7 Å². The number of amides is 1. The number of fused-ring (bicyclic) bond motifs is 1. The Hall–Kier alpha value is -4.25. The molecule has 1 aliphatic rings. The number of alkyl halides is 3. The number of nitrogens with one attached hydrogen (secondary N) is 1. The second kappa shape index (κ2) is 9.90. The lowest BCUT2D eigenvalue weighted by molar-refractivity contribution is -0.137. The van der Waals surface area contributed by atoms with E-state index in [2.05, 4.69) is 20.2 Å². The molecule has 0 radical (unpaired) electrons. The summed E-state index contributed by atoms with van der Waals surface area (Å²) in [5, 5.41) is 3.20. The molecule has 0 unspecified atom stereocenters. The lowest BCUT2D eigenvalue weighted by Crippen LogP contribution is -2.45. The summed E-state index contributed by atoms with van der Waals surface area (Å²) >= 11 is 0. The van der Waals surface area contributed by atoms with Gasteiger partial charge in [-0.25, -0.2) is 14.4 Å². The summed E-state index contributed by atoms with van der Waals surface area (Å²) in [4.78, 5) is 25.4. The van der Waals surface area contributed by atoms with Gasteiger partial charge >= 0.3 is 6.18 Å². The number of nitrogens with two attached hydrogens (primary N) is 1. The van der Waals surface area contributed by atoms with Crippen molar-refractivity contribution >= 4 is 34.1 Å². The molecule has 1 fully saturated rings. The maximum Gasteiger partial charge on any atom is 0.416 e. The Morgan fingerprint density at radius 2 is 1.68 bits per heavy atom. The molecular weight excluding hydrogens is 500 g/mol. The molecular formula is C27H24F4N6O. The van der Waals surface area contributed by atoms with Crippen molar-refractivity contribution in [3.8, 4) is 11.1 Å². The van der Waals surface area contributed by atoms with Crippen LogP contribution in [0.4, 0.5) is 34.9 Å². The van der Waals surface area contributed by atoms with E-state index in [0.717, 1.165) is 12.1 Å². The van der Waals surface area contributed by atoms with Crippen LogP contribution < -0.4 is 16.0 Å². The SMILES string of the molecule is CN1CCN(c2ccc(C(F)(F)F)cc2C(=O)Nc2cc(-c3ccc4nc(N)ncc4c3)ccc2F)CC1. The van der Waals surface area contributed by atoms with Gasteiger partial charge in [0.25, 0.3) is 5.91 Å². The van der Waals surface area contributed by atoms with E-state index >= 15 is 0 Å². The van der Waals surface area contributed by atoms with Gasteiger partial charge in [-0.1, -0.05) is 12.1 Å². The van der Waals surface area contributed by atoms with Crippen LogP contribution in [-0.2, 0) is 6.18 Å². The Kier molecular flexibility index (Phi) is 6.62. The summed E-state index contributed by atoms with van der Waals surface area (Å²) in [5.41, 5.74) is 6.66. The number of piperazine rings is 1. The summed E-state index contributed by atoms with van der Waals surface area (Å²) in [6.07, 6.45) is -3.06. The number of anilines is 3. The van der Waals surface area contributed by atoms with Crippen molar-refractivity contribution < 1.29 is 22.4 Å². The molecule has 196 valence electrons. The van der Waals surface area contributed by atoms with E-state index in [-0.39, 0.29) is 17.2 Å². The standard InChI is InChI=1S/C27H24F4N6O/c1-36-8-10-37(11-9-36)24-7-4-19(27(29,30)31)14-20(24)25(38)34-23-13-17(2-5-21(23)28)16-3-6-22-18(12-16)15-33-26(32)35-22/h2-7,12-15H,8-11H2,1H3,(H,34,38)(H2,32,33,35). The van der Waals surface area contributed by atoms with Crippen LogP contribution in [0.2, 0.25) is 0 Å². The number of nitrogen functional groups attached to an aromatic ring is 1. The van der Waals surface area contributed by atoms with Crippen molar-refractivity contribution in [2.75, 3.05) is 49.2 Å². The smallest absolute Gasteiger partial charge is 0.368 e. The van der Waals surface area contributed by atoms with Gasteiger partial charge in [-0.05, 0) is 60.6 Å². The van der Waals surface area contributed by atoms with Crippen LogP contribution in [0.5, 0.6) is 0 Å². The van der Waals surface area contributed by atoms with Crippen molar-refractivity contribution in [1.82, 2.24) is 14.9 Å². The minimum atomic E-state index is -4.63. The van der Waals surface area contributed by atoms with Crippen molar-refractivity contribution in [2.45, 2.75) is 6.18 Å². The van der Waals surface area contributed by atoms with E-state index in [0.29, 0.717) is 53.9 Å². The Bertz CT molecular complexity index is 1520. The highest BCUT2D eigenvalue weighted by molar-refractivity contribution is 6.08. The lowest BCUT2D eigenvalue weighted by Gasteiger charge is -2.35. The Labute approximate surface area is 215 Å². The molecule has 0 saturated carbocycles. The van der Waals surface area contributed by atoms with Crippen molar-refractivity contribution in [2.24, 2.45) is 0 Å². The van der Waals surface area contributed by atoms with Gasteiger partial charge in [-0.2, -0.15) is 13.2 Å². The molecule has 1 aromatic heterocycles. The predicted octanol–water partition coefficient (Wildman–Crippen LogP) is 5.04. The fourth-order valence-corrected chi connectivity index (χ4v) is 4.43. The van der Waals surface area contributed by atoms with Gasteiger partial charge in [0.2, 0.25) is 5.95 Å². The zero-order valence-corrected chi connectivity index (χ0v) is 20.4. The average Bonchev–Trinajstić information content (AvgIpc) is 2.89. The largest absolute Gasteiger partial charge is 0.416 e. The number of hydrogen-bond donors (Lipinski definition) is 2. The van der Waals surface area contributed by atoms with Gasteiger partial charge in [0.15, 0.2) is 0 Å². The third-order valence-corrected chi connectivity index (χ3v) is 6.56. The first kappa shape index (κ1) is 25.4. The summed E-state index contributed by atoms with van der Waals surface area (Å²) in [6.45, 7) is 2.48. The number of benzene rings is 3. The quantitative estimate of drug-likeness (QED) is 0.364. The van der Waals surface area contributed by atoms with E-state index < -0.39 is 23.5 Å². The summed E-state index contributed by atoms with van der Waals surface area (Å²) in [6, 6.07) is 12.6. The number of hydrogen-bond acceptors (Lipinski definition) is 6. The summed E-state index contributed by atoms with van der Waals surface area (Å²) < 4.78 is 55.3. The van der Waals surface area contributed by atoms with Crippen molar-refractivity contribution in [3.63, 3.8) is 0 Å². The minimum absolute atomic E-state index is 0.141. The minimum Gasteiger partial charge on any atom is -0.368 e. The highest BCUT2D eigenvalue weighted by atomic mass is 19.4. The van der Waals surface area contributed by atoms with E-state index in [1.54, 1.807) is 30.5 Å². The third kappa shape index (κ3) is 5.23. The first-order valence-electron chi connectivity index (χ1n) is 11.9. The number of aromatic nitrogens is 2. The first-order chi connectivity index (χ1) is 18.1. The van der Waals surface area contributed by atoms with Crippen LogP contribution in [0.15, 0.2) is 60.8 Å². The third-order valence-electron chi connectivity index (χ3n) is 6.56. The van der Waals surface area contributed by atoms with Gasteiger partial charge in [-0.3, -0.25) is 4.79 Å². The molecule has 1 saturated heterocycles. The molecule has 0 spiro atoms. The molecule has 3 N–H and O–H groups in total. The Morgan fingerprint density at radius 1 is 0.974 bits per heavy atom. The molecule has 0 aliphatic carbocycles. The van der Waals surface area contributed by atoms with E-state index in [9.17, 15) is 22.4 Å². The predicted molar refractivity (Wildman–Crippen MR) is 138 cm³/mol. The van der Waals surface area contributed by atoms with Gasteiger partial charge in [0, 0.05) is 43.4 Å². The lowest BCUT2D eigenvalue weighted by atomic mass is 10.0. The molecule has 1 aliphatic heterocycles. The Balaban J connectivity index is 1.48. The highest BCUT2D eigenvalue weighted by Crippen LogP contribution is 2.34. The molecule has 3 aromatic carbocycles. The van der Waals surface area contributed by atoms with Crippen LogP contribution in [0.1, 0.15) is 15.9 Å². The molecule has 7 nitrogen and oxygen atoms in total. The molecule has 1 amide bonds. The number of halogens is 4. The zero-order chi connectivity index (χ0) is 27.0. The fraction of sp³-hybridized carbons (Fsp3) is 0.222. The van der Waals surface area contributed by atoms with E-state index in [1.165, 1.54) is 18.2 Å². The van der Waals surface area contributed by atoms with Crippen LogP contribution in [0, 0.1) is 5.82 Å². The first-order valence-corrected chi connectivity index (χ1v) is 11.9. The highest BCUT2D eigenvalue weighted by Gasteiger charge is 2.33. The average molecular weight is 525 g/mol. The van der Waals surface area contributed by atoms with E-state index in [1.807, 2.05) is 11.9 Å². The topological polar surface area (TPSA) is 87.4 Å². The molecule has 2 heterocycles. The molecule has 11 heteroatoms. The normalized spacial score (nSPS) is 14.6. The van der Waals surface area contributed by atoms with E-state index in [4.69, 9.17) is 5.73 Å². The van der Waals surface area contributed by atoms with Gasteiger partial charge < -0.3 is 20.9 Å². The number of carbonyl (C=O) groups is 1. The monoisotopic (exact) mass is 524 g/mol. The second-order valence-corrected chi connectivity index (χ2v) is 9.17. The number of rotatable bonds is 4. The maximum absolute atomic E-state index is 14.8. The van der Waals surface area contributed by atoms with Gasteiger partial charge in [-0.15, -0.1) is 0 Å². The van der Waals surface area contributed by atoms with Crippen LogP contribution in [0.3, 0.4) is 0 Å².